The molecule has 0 bridgehead atoms. The molecule has 1 aromatic heterocycles. The second-order valence-electron chi connectivity index (χ2n) is 7.41. The second-order valence-corrected chi connectivity index (χ2v) is 7.41. The smallest absolute Gasteiger partial charge is 0.296 e. The third-order valence-electron chi connectivity index (χ3n) is 4.83. The number of nitrogens with zero attached hydrogens (tertiary/aromatic N) is 2. The van der Waals surface area contributed by atoms with Crippen LogP contribution >= 0.6 is 0 Å². The average molecular weight is 434 g/mol. The van der Waals surface area contributed by atoms with Crippen LogP contribution in [0.25, 0.3) is 0 Å². The Morgan fingerprint density at radius 3 is 2.74 bits per heavy atom. The first-order valence-corrected chi connectivity index (χ1v) is 9.59. The lowest BCUT2D eigenvalue weighted by Crippen LogP contribution is -2.42. The van der Waals surface area contributed by atoms with Crippen molar-refractivity contribution in [3.05, 3.63) is 57.0 Å². The van der Waals surface area contributed by atoms with Crippen LogP contribution in [0.3, 0.4) is 0 Å². The van der Waals surface area contributed by atoms with E-state index >= 15 is 0 Å². The molecule has 1 aromatic carbocycles. The van der Waals surface area contributed by atoms with Gasteiger partial charge in [-0.2, -0.15) is 0 Å². The summed E-state index contributed by atoms with van der Waals surface area (Å²) in [5.74, 6) is -2.69. The summed E-state index contributed by atoms with van der Waals surface area (Å²) >= 11 is 0. The Kier molecular flexibility index (Phi) is 6.37. The highest BCUT2D eigenvalue weighted by Crippen LogP contribution is 2.27. The van der Waals surface area contributed by atoms with Gasteiger partial charge in [0.1, 0.15) is 17.2 Å². The maximum atomic E-state index is 13.6. The van der Waals surface area contributed by atoms with Gasteiger partial charge in [0.15, 0.2) is 5.69 Å². The van der Waals surface area contributed by atoms with Crippen molar-refractivity contribution < 1.29 is 28.9 Å². The second kappa shape index (κ2) is 8.82. The van der Waals surface area contributed by atoms with Crippen LogP contribution in [0, 0.1) is 5.82 Å². The third kappa shape index (κ3) is 4.57. The third-order valence-corrected chi connectivity index (χ3v) is 4.83. The molecule has 0 saturated carbocycles. The van der Waals surface area contributed by atoms with Crippen molar-refractivity contribution in [2.45, 2.75) is 32.5 Å². The summed E-state index contributed by atoms with van der Waals surface area (Å²) in [5.41, 5.74) is -1.88. The van der Waals surface area contributed by atoms with Crippen molar-refractivity contribution in [3.63, 3.8) is 0 Å². The van der Waals surface area contributed by atoms with Crippen molar-refractivity contribution in [3.8, 4) is 5.75 Å². The summed E-state index contributed by atoms with van der Waals surface area (Å²) in [5, 5.41) is 24.0. The highest BCUT2D eigenvalue weighted by molar-refractivity contribution is 5.97. The number of aliphatic hydroxyl groups excluding tert-OH is 1. The van der Waals surface area contributed by atoms with Crippen LogP contribution in [0.15, 0.2) is 23.0 Å². The predicted molar refractivity (Wildman–Crippen MR) is 106 cm³/mol. The van der Waals surface area contributed by atoms with Gasteiger partial charge in [-0.1, -0.05) is 6.07 Å². The van der Waals surface area contributed by atoms with Gasteiger partial charge in [-0.3, -0.25) is 19.0 Å². The number of carbonyl (C=O) groups is 2. The summed E-state index contributed by atoms with van der Waals surface area (Å²) in [7, 11) is 0. The minimum absolute atomic E-state index is 0.0180. The van der Waals surface area contributed by atoms with Crippen molar-refractivity contribution in [1.82, 2.24) is 20.2 Å². The van der Waals surface area contributed by atoms with E-state index < -0.39 is 40.2 Å². The fourth-order valence-electron chi connectivity index (χ4n) is 3.26. The lowest BCUT2D eigenvalue weighted by molar-refractivity contribution is -0.0566. The zero-order valence-electron chi connectivity index (χ0n) is 17.1. The average Bonchev–Trinajstić information content (AvgIpc) is 2.73. The molecule has 166 valence electrons. The van der Waals surface area contributed by atoms with E-state index in [2.05, 4.69) is 15.6 Å². The van der Waals surface area contributed by atoms with E-state index in [4.69, 9.17) is 9.84 Å². The number of rotatable bonds is 6. The molecule has 0 spiro atoms. The molecule has 0 atom stereocenters. The van der Waals surface area contributed by atoms with Crippen LogP contribution in [-0.2, 0) is 23.4 Å². The number of amides is 2. The van der Waals surface area contributed by atoms with Gasteiger partial charge in [0.05, 0.1) is 19.8 Å². The molecule has 11 heteroatoms. The molecule has 1 aliphatic heterocycles. The molecule has 1 aliphatic rings. The standard InChI is InChI=1S/C20H23FN4O6/c1-20(2)19-24-14(15(27)18(30)25(19)6-8-31-20)17(29)23-10-11-3-4-12(21)9-13(11)16(28)22-5-7-26/h3-4,9,26-27H,5-8,10H2,1-2H3,(H,22,28)(H,23,29). The molecule has 0 unspecified atom stereocenters. The molecule has 0 saturated heterocycles. The van der Waals surface area contributed by atoms with Gasteiger partial charge in [-0.15, -0.1) is 0 Å². The molecule has 2 heterocycles. The minimum atomic E-state index is -0.935. The first-order chi connectivity index (χ1) is 14.7. The summed E-state index contributed by atoms with van der Waals surface area (Å²) in [6, 6.07) is 3.47. The number of fused-ring (bicyclic) bond motifs is 1. The number of halogens is 1. The van der Waals surface area contributed by atoms with Gasteiger partial charge >= 0.3 is 0 Å². The van der Waals surface area contributed by atoms with E-state index in [9.17, 15) is 23.9 Å². The number of nitrogens with one attached hydrogen (secondary N) is 2. The number of carbonyl (C=O) groups excluding carboxylic acids is 2. The summed E-state index contributed by atoms with van der Waals surface area (Å²) in [6.45, 7) is 3.35. The van der Waals surface area contributed by atoms with Crippen LogP contribution in [0.5, 0.6) is 5.75 Å². The molecule has 10 nitrogen and oxygen atoms in total. The number of ether oxygens (including phenoxy) is 1. The predicted octanol–water partition coefficient (Wildman–Crippen LogP) is 0.00540. The molecule has 2 amide bonds. The maximum Gasteiger partial charge on any atom is 0.296 e. The highest BCUT2D eigenvalue weighted by Gasteiger charge is 2.34. The highest BCUT2D eigenvalue weighted by atomic mass is 19.1. The minimum Gasteiger partial charge on any atom is -0.501 e. The van der Waals surface area contributed by atoms with E-state index in [0.29, 0.717) is 5.56 Å². The van der Waals surface area contributed by atoms with Crippen LogP contribution in [-0.4, -0.2) is 51.3 Å². The maximum absolute atomic E-state index is 13.6. The van der Waals surface area contributed by atoms with Crippen molar-refractivity contribution in [2.24, 2.45) is 0 Å². The van der Waals surface area contributed by atoms with Crippen molar-refractivity contribution >= 4 is 11.8 Å². The Bertz CT molecular complexity index is 1080. The van der Waals surface area contributed by atoms with E-state index in [1.165, 1.54) is 10.6 Å². The van der Waals surface area contributed by atoms with E-state index in [1.54, 1.807) is 13.8 Å². The van der Waals surface area contributed by atoms with Crippen molar-refractivity contribution in [2.75, 3.05) is 19.8 Å². The van der Waals surface area contributed by atoms with Gasteiger partial charge in [0, 0.05) is 18.7 Å². The largest absolute Gasteiger partial charge is 0.501 e. The fraction of sp³-hybridized carbons (Fsp3) is 0.400. The van der Waals surface area contributed by atoms with E-state index in [1.807, 2.05) is 0 Å². The normalized spacial score (nSPS) is 14.6. The molecule has 31 heavy (non-hydrogen) atoms. The lowest BCUT2D eigenvalue weighted by Gasteiger charge is -2.32. The summed E-state index contributed by atoms with van der Waals surface area (Å²) in [4.78, 5) is 41.6. The van der Waals surface area contributed by atoms with Gasteiger partial charge in [-0.05, 0) is 31.5 Å². The number of hydrogen-bond donors (Lipinski definition) is 4. The molecule has 3 rings (SSSR count). The number of hydrogen-bond acceptors (Lipinski definition) is 7. The molecule has 0 aliphatic carbocycles. The van der Waals surface area contributed by atoms with Gasteiger partial charge < -0.3 is 25.6 Å². The SMILES string of the molecule is CC1(C)OCCn2c1nc(C(=O)NCc1ccc(F)cc1C(=O)NCCO)c(O)c2=O. The van der Waals surface area contributed by atoms with E-state index in [-0.39, 0.29) is 44.2 Å². The Balaban J connectivity index is 1.86. The molecule has 4 N–H and O–H groups in total. The first-order valence-electron chi connectivity index (χ1n) is 9.59. The Hall–Kier alpha value is -3.31. The zero-order chi connectivity index (χ0) is 22.8. The number of aliphatic hydroxyl groups is 1. The first kappa shape index (κ1) is 22.4. The number of benzene rings is 1. The van der Waals surface area contributed by atoms with Crippen LogP contribution in [0.4, 0.5) is 4.39 Å². The summed E-state index contributed by atoms with van der Waals surface area (Å²) < 4.78 is 20.5. The Morgan fingerprint density at radius 2 is 2.03 bits per heavy atom. The van der Waals surface area contributed by atoms with Crippen LogP contribution in [0.2, 0.25) is 0 Å². The number of aromatic hydroxyl groups is 1. The molecule has 0 radical (unpaired) electrons. The van der Waals surface area contributed by atoms with Crippen LogP contribution < -0.4 is 16.2 Å². The summed E-state index contributed by atoms with van der Waals surface area (Å²) in [6.07, 6.45) is 0. The van der Waals surface area contributed by atoms with Gasteiger partial charge in [0.2, 0.25) is 5.75 Å². The Labute approximate surface area is 176 Å². The quantitative estimate of drug-likeness (QED) is 0.501. The fourth-order valence-corrected chi connectivity index (χ4v) is 3.26. The molecule has 2 aromatic rings. The van der Waals surface area contributed by atoms with E-state index in [0.717, 1.165) is 12.1 Å². The zero-order valence-corrected chi connectivity index (χ0v) is 17.1. The molecular weight excluding hydrogens is 411 g/mol. The lowest BCUT2D eigenvalue weighted by atomic mass is 10.1. The Morgan fingerprint density at radius 1 is 1.29 bits per heavy atom. The number of aromatic nitrogens is 2. The van der Waals surface area contributed by atoms with Crippen molar-refractivity contribution in [1.29, 1.82) is 0 Å². The molecular formula is C20H23FN4O6. The topological polar surface area (TPSA) is 143 Å². The van der Waals surface area contributed by atoms with Gasteiger partial charge in [0.25, 0.3) is 17.4 Å². The molecule has 0 fully saturated rings. The van der Waals surface area contributed by atoms with Gasteiger partial charge in [-0.25, -0.2) is 9.37 Å². The van der Waals surface area contributed by atoms with Crippen LogP contribution in [0.1, 0.15) is 46.1 Å². The monoisotopic (exact) mass is 434 g/mol.